The van der Waals surface area contributed by atoms with E-state index in [9.17, 15) is 10.1 Å². The lowest BCUT2D eigenvalue weighted by atomic mass is 9.97. The highest BCUT2D eigenvalue weighted by atomic mass is 16.6. The van der Waals surface area contributed by atoms with Crippen LogP contribution >= 0.6 is 0 Å². The zero-order valence-electron chi connectivity index (χ0n) is 11.2. The van der Waals surface area contributed by atoms with E-state index in [1.54, 1.807) is 6.07 Å². The highest BCUT2D eigenvalue weighted by molar-refractivity contribution is 5.79. The summed E-state index contributed by atoms with van der Waals surface area (Å²) in [5.74, 6) is 0. The van der Waals surface area contributed by atoms with Crippen LogP contribution in [-0.2, 0) is 0 Å². The van der Waals surface area contributed by atoms with E-state index in [1.165, 1.54) is 0 Å². The third-order valence-electron chi connectivity index (χ3n) is 3.29. The third kappa shape index (κ3) is 2.67. The Labute approximate surface area is 122 Å². The first-order valence-corrected chi connectivity index (χ1v) is 6.56. The summed E-state index contributed by atoms with van der Waals surface area (Å²) in [6, 6.07) is 25.5. The Bertz CT molecular complexity index is 768. The molecule has 3 aromatic rings. The van der Waals surface area contributed by atoms with Gasteiger partial charge in [0.15, 0.2) is 0 Å². The van der Waals surface area contributed by atoms with Gasteiger partial charge < -0.3 is 0 Å². The van der Waals surface area contributed by atoms with Crippen molar-refractivity contribution < 1.29 is 4.92 Å². The predicted octanol–water partition coefficient (Wildman–Crippen LogP) is 4.73. The van der Waals surface area contributed by atoms with Crippen LogP contribution in [0.2, 0.25) is 0 Å². The molecule has 101 valence electrons. The molecule has 0 amide bonds. The topological polar surface area (TPSA) is 43.1 Å². The normalized spacial score (nSPS) is 10.3. The van der Waals surface area contributed by atoms with Crippen molar-refractivity contribution in [2.75, 3.05) is 0 Å². The van der Waals surface area contributed by atoms with Gasteiger partial charge in [0.1, 0.15) is 0 Å². The van der Waals surface area contributed by atoms with E-state index >= 15 is 0 Å². The number of nitro groups is 1. The van der Waals surface area contributed by atoms with Crippen molar-refractivity contribution in [1.29, 1.82) is 0 Å². The minimum Gasteiger partial charge on any atom is -0.258 e. The van der Waals surface area contributed by atoms with Crippen LogP contribution in [0.15, 0.2) is 72.8 Å². The van der Waals surface area contributed by atoms with Crippen molar-refractivity contribution in [2.24, 2.45) is 0 Å². The standard InChI is InChI=1S/C18H12NO2/c20-19(21)18-12-11-16(14-7-3-1-4-8-14)13-17(18)15-9-5-2-6-10-15/h1-11,13H. The van der Waals surface area contributed by atoms with E-state index in [4.69, 9.17) is 0 Å². The van der Waals surface area contributed by atoms with Crippen LogP contribution in [0.25, 0.3) is 22.3 Å². The Morgan fingerprint density at radius 2 is 1.38 bits per heavy atom. The van der Waals surface area contributed by atoms with Gasteiger partial charge in [0.2, 0.25) is 0 Å². The summed E-state index contributed by atoms with van der Waals surface area (Å²) in [7, 11) is 0. The van der Waals surface area contributed by atoms with Crippen molar-refractivity contribution in [1.82, 2.24) is 0 Å². The molecule has 0 aliphatic carbocycles. The first-order valence-electron chi connectivity index (χ1n) is 6.56. The molecule has 0 heterocycles. The Kier molecular flexibility index (Phi) is 3.48. The van der Waals surface area contributed by atoms with Gasteiger partial charge in [0, 0.05) is 0 Å². The molecule has 0 fully saturated rings. The fourth-order valence-corrected chi connectivity index (χ4v) is 2.28. The molecule has 0 unspecified atom stereocenters. The predicted molar refractivity (Wildman–Crippen MR) is 82.8 cm³/mol. The van der Waals surface area contributed by atoms with Crippen LogP contribution in [0.4, 0.5) is 5.69 Å². The fraction of sp³-hybridized carbons (Fsp3) is 0. The zero-order valence-corrected chi connectivity index (χ0v) is 11.2. The van der Waals surface area contributed by atoms with Gasteiger partial charge in [-0.2, -0.15) is 0 Å². The van der Waals surface area contributed by atoms with Crippen molar-refractivity contribution in [3.63, 3.8) is 0 Å². The molecule has 21 heavy (non-hydrogen) atoms. The minimum atomic E-state index is -0.392. The van der Waals surface area contributed by atoms with Gasteiger partial charge in [-0.05, 0) is 28.8 Å². The van der Waals surface area contributed by atoms with E-state index in [0.29, 0.717) is 5.56 Å². The molecule has 0 spiro atoms. The van der Waals surface area contributed by atoms with Gasteiger partial charge in [-0.25, -0.2) is 0 Å². The number of hydrogen-bond acceptors (Lipinski definition) is 2. The van der Waals surface area contributed by atoms with Gasteiger partial charge in [0.05, 0.1) is 16.6 Å². The lowest BCUT2D eigenvalue weighted by molar-refractivity contribution is -0.384. The third-order valence-corrected chi connectivity index (χ3v) is 3.29. The van der Waals surface area contributed by atoms with Crippen molar-refractivity contribution in [3.8, 4) is 22.3 Å². The van der Waals surface area contributed by atoms with Crippen LogP contribution in [-0.4, -0.2) is 4.92 Å². The molecule has 3 aromatic carbocycles. The molecule has 0 aromatic heterocycles. The minimum absolute atomic E-state index is 0.000816. The Morgan fingerprint density at radius 3 is 1.95 bits per heavy atom. The zero-order chi connectivity index (χ0) is 14.7. The summed E-state index contributed by atoms with van der Waals surface area (Å²) in [5, 5.41) is 11.2. The van der Waals surface area contributed by atoms with Gasteiger partial charge in [0.25, 0.3) is 5.69 Å². The molecule has 0 bridgehead atoms. The van der Waals surface area contributed by atoms with Gasteiger partial charge in [-0.3, -0.25) is 10.1 Å². The monoisotopic (exact) mass is 274 g/mol. The smallest absolute Gasteiger partial charge is 0.258 e. The number of nitro benzene ring substituents is 1. The van der Waals surface area contributed by atoms with Gasteiger partial charge >= 0.3 is 0 Å². The second-order valence-corrected chi connectivity index (χ2v) is 4.64. The summed E-state index contributed by atoms with van der Waals surface area (Å²) < 4.78 is 0. The van der Waals surface area contributed by atoms with E-state index in [-0.39, 0.29) is 5.69 Å². The molecule has 3 nitrogen and oxygen atoms in total. The van der Waals surface area contributed by atoms with Crippen molar-refractivity contribution in [2.45, 2.75) is 0 Å². The molecule has 0 saturated heterocycles. The van der Waals surface area contributed by atoms with E-state index in [1.807, 2.05) is 66.7 Å². The number of hydrogen-bond donors (Lipinski definition) is 0. The maximum absolute atomic E-state index is 11.2. The van der Waals surface area contributed by atoms with Crippen molar-refractivity contribution in [3.05, 3.63) is 89.0 Å². The van der Waals surface area contributed by atoms with Gasteiger partial charge in [-0.15, -0.1) is 0 Å². The van der Waals surface area contributed by atoms with Crippen LogP contribution in [0.1, 0.15) is 0 Å². The molecule has 1 radical (unpaired) electrons. The Morgan fingerprint density at radius 1 is 0.810 bits per heavy atom. The Balaban J connectivity index is 2.18. The van der Waals surface area contributed by atoms with Crippen LogP contribution in [0.3, 0.4) is 0 Å². The molecular formula is C18H12NO2. The van der Waals surface area contributed by atoms with Gasteiger partial charge in [-0.1, -0.05) is 60.7 Å². The van der Waals surface area contributed by atoms with Crippen molar-refractivity contribution >= 4 is 5.69 Å². The molecule has 0 N–H and O–H groups in total. The fourth-order valence-electron chi connectivity index (χ4n) is 2.28. The van der Waals surface area contributed by atoms with E-state index in [2.05, 4.69) is 6.07 Å². The molecule has 0 aliphatic heterocycles. The number of rotatable bonds is 3. The SMILES string of the molecule is O=[N+]([O-])c1[c]cc(-c2ccccc2)cc1-c1ccccc1. The molecule has 0 saturated carbocycles. The summed E-state index contributed by atoms with van der Waals surface area (Å²) in [5.41, 5.74) is 3.34. The van der Waals surface area contributed by atoms with E-state index < -0.39 is 4.92 Å². The summed E-state index contributed by atoms with van der Waals surface area (Å²) in [6.45, 7) is 0. The quantitative estimate of drug-likeness (QED) is 0.512. The van der Waals surface area contributed by atoms with Crippen LogP contribution in [0.5, 0.6) is 0 Å². The lowest BCUT2D eigenvalue weighted by Gasteiger charge is -2.07. The number of nitrogens with zero attached hydrogens (tertiary/aromatic N) is 1. The molecule has 0 aliphatic rings. The summed E-state index contributed by atoms with van der Waals surface area (Å²) >= 11 is 0. The second kappa shape index (κ2) is 5.59. The molecule has 0 atom stereocenters. The first-order chi connectivity index (χ1) is 10.3. The van der Waals surface area contributed by atoms with Crippen LogP contribution < -0.4 is 0 Å². The Hall–Kier alpha value is -2.94. The molecule has 3 heteroatoms. The average Bonchev–Trinajstić information content (AvgIpc) is 2.56. The second-order valence-electron chi connectivity index (χ2n) is 4.64. The average molecular weight is 274 g/mol. The summed E-state index contributed by atoms with van der Waals surface area (Å²) in [6.07, 6.45) is 0. The lowest BCUT2D eigenvalue weighted by Crippen LogP contribution is -1.93. The molecular weight excluding hydrogens is 262 g/mol. The highest BCUT2D eigenvalue weighted by Crippen LogP contribution is 2.33. The van der Waals surface area contributed by atoms with E-state index in [0.717, 1.165) is 16.7 Å². The first kappa shape index (κ1) is 13.1. The molecule has 3 rings (SSSR count). The maximum atomic E-state index is 11.2. The van der Waals surface area contributed by atoms with Crippen LogP contribution in [0, 0.1) is 16.2 Å². The largest absolute Gasteiger partial charge is 0.285 e. The number of benzene rings is 3. The highest BCUT2D eigenvalue weighted by Gasteiger charge is 2.16. The maximum Gasteiger partial charge on any atom is 0.285 e. The summed E-state index contributed by atoms with van der Waals surface area (Å²) in [4.78, 5) is 10.8.